The molecule has 6 heteroatoms. The molecule has 0 fully saturated rings. The molecule has 0 aliphatic rings. The quantitative estimate of drug-likeness (QED) is 0.830. The summed E-state index contributed by atoms with van der Waals surface area (Å²) < 4.78 is 40.8. The van der Waals surface area contributed by atoms with Crippen LogP contribution in [0.5, 0.6) is 0 Å². The van der Waals surface area contributed by atoms with Crippen LogP contribution < -0.4 is 5.32 Å². The van der Waals surface area contributed by atoms with Crippen LogP contribution in [0, 0.1) is 0 Å². The number of alkyl halides is 3. The first-order valence-corrected chi connectivity index (χ1v) is 4.71. The SMILES string of the molecule is CCNCc1ncoc1CCC(F)(F)F. The molecule has 1 heterocycles. The van der Waals surface area contributed by atoms with Crippen LogP contribution in [0.4, 0.5) is 13.2 Å². The Bertz CT molecular complexity index is 296. The number of nitrogens with one attached hydrogen (secondary N) is 1. The van der Waals surface area contributed by atoms with E-state index in [0.29, 0.717) is 18.0 Å². The second-order valence-electron chi connectivity index (χ2n) is 3.12. The van der Waals surface area contributed by atoms with Gasteiger partial charge in [-0.15, -0.1) is 0 Å². The van der Waals surface area contributed by atoms with Gasteiger partial charge in [-0.05, 0) is 6.54 Å². The van der Waals surface area contributed by atoms with Crippen molar-refractivity contribution in [2.75, 3.05) is 6.54 Å². The fourth-order valence-corrected chi connectivity index (χ4v) is 1.14. The molecule has 15 heavy (non-hydrogen) atoms. The fourth-order valence-electron chi connectivity index (χ4n) is 1.14. The maximum absolute atomic E-state index is 12.0. The predicted molar refractivity (Wildman–Crippen MR) is 48.3 cm³/mol. The molecule has 0 unspecified atom stereocenters. The van der Waals surface area contributed by atoms with Gasteiger partial charge in [0.15, 0.2) is 6.39 Å². The maximum Gasteiger partial charge on any atom is 0.389 e. The molecule has 0 bridgehead atoms. The first kappa shape index (κ1) is 12.0. The lowest BCUT2D eigenvalue weighted by Crippen LogP contribution is -2.14. The molecular formula is C9H13F3N2O. The fraction of sp³-hybridized carbons (Fsp3) is 0.667. The van der Waals surface area contributed by atoms with E-state index in [1.807, 2.05) is 6.92 Å². The van der Waals surface area contributed by atoms with Crippen molar-refractivity contribution < 1.29 is 17.6 Å². The topological polar surface area (TPSA) is 38.1 Å². The van der Waals surface area contributed by atoms with Crippen molar-refractivity contribution in [1.82, 2.24) is 10.3 Å². The number of aryl methyl sites for hydroxylation is 1. The molecule has 0 amide bonds. The Hall–Kier alpha value is -1.04. The van der Waals surface area contributed by atoms with Crippen molar-refractivity contribution in [2.45, 2.75) is 32.5 Å². The van der Waals surface area contributed by atoms with E-state index in [1.54, 1.807) is 0 Å². The van der Waals surface area contributed by atoms with Crippen LogP contribution in [0.15, 0.2) is 10.8 Å². The molecular weight excluding hydrogens is 209 g/mol. The maximum atomic E-state index is 12.0. The minimum atomic E-state index is -4.15. The zero-order chi connectivity index (χ0) is 11.3. The molecule has 0 aromatic carbocycles. The summed E-state index contributed by atoms with van der Waals surface area (Å²) in [7, 11) is 0. The van der Waals surface area contributed by atoms with E-state index in [0.717, 1.165) is 6.54 Å². The molecule has 86 valence electrons. The van der Waals surface area contributed by atoms with Crippen molar-refractivity contribution >= 4 is 0 Å². The van der Waals surface area contributed by atoms with Crippen LogP contribution in [0.2, 0.25) is 0 Å². The molecule has 1 rings (SSSR count). The van der Waals surface area contributed by atoms with Crippen molar-refractivity contribution in [3.63, 3.8) is 0 Å². The lowest BCUT2D eigenvalue weighted by Gasteiger charge is -2.05. The van der Waals surface area contributed by atoms with Gasteiger partial charge in [0.25, 0.3) is 0 Å². The average molecular weight is 222 g/mol. The second kappa shape index (κ2) is 5.16. The third-order valence-corrected chi connectivity index (χ3v) is 1.90. The lowest BCUT2D eigenvalue weighted by atomic mass is 10.2. The Morgan fingerprint density at radius 2 is 2.20 bits per heavy atom. The van der Waals surface area contributed by atoms with Crippen LogP contribution in [0.25, 0.3) is 0 Å². The van der Waals surface area contributed by atoms with Crippen molar-refractivity contribution in [3.05, 3.63) is 17.8 Å². The lowest BCUT2D eigenvalue weighted by molar-refractivity contribution is -0.134. The van der Waals surface area contributed by atoms with Gasteiger partial charge in [0.2, 0.25) is 0 Å². The zero-order valence-corrected chi connectivity index (χ0v) is 8.40. The highest BCUT2D eigenvalue weighted by Gasteiger charge is 2.27. The van der Waals surface area contributed by atoms with Gasteiger partial charge in [-0.25, -0.2) is 4.98 Å². The van der Waals surface area contributed by atoms with E-state index in [1.165, 1.54) is 6.39 Å². The minimum Gasteiger partial charge on any atom is -0.448 e. The Labute approximate surface area is 85.7 Å². The smallest absolute Gasteiger partial charge is 0.389 e. The van der Waals surface area contributed by atoms with Gasteiger partial charge in [0, 0.05) is 13.0 Å². The molecule has 0 saturated carbocycles. The molecule has 1 N–H and O–H groups in total. The van der Waals surface area contributed by atoms with Crippen molar-refractivity contribution in [3.8, 4) is 0 Å². The Morgan fingerprint density at radius 1 is 1.47 bits per heavy atom. The number of hydrogen-bond acceptors (Lipinski definition) is 3. The summed E-state index contributed by atoms with van der Waals surface area (Å²) in [6.45, 7) is 3.10. The number of nitrogens with zero attached hydrogens (tertiary/aromatic N) is 1. The number of halogens is 3. The third kappa shape index (κ3) is 4.33. The molecule has 3 nitrogen and oxygen atoms in total. The van der Waals surface area contributed by atoms with Crippen LogP contribution >= 0.6 is 0 Å². The van der Waals surface area contributed by atoms with E-state index >= 15 is 0 Å². The van der Waals surface area contributed by atoms with Crippen LogP contribution in [0.3, 0.4) is 0 Å². The van der Waals surface area contributed by atoms with E-state index in [-0.39, 0.29) is 6.42 Å². The number of aromatic nitrogens is 1. The molecule has 1 aromatic heterocycles. The highest BCUT2D eigenvalue weighted by molar-refractivity contribution is 5.07. The van der Waals surface area contributed by atoms with Crippen LogP contribution in [-0.2, 0) is 13.0 Å². The van der Waals surface area contributed by atoms with Gasteiger partial charge in [-0.2, -0.15) is 13.2 Å². The van der Waals surface area contributed by atoms with Gasteiger partial charge >= 0.3 is 6.18 Å². The minimum absolute atomic E-state index is 0.149. The Balaban J connectivity index is 2.50. The van der Waals surface area contributed by atoms with Gasteiger partial charge in [0.1, 0.15) is 5.76 Å². The number of oxazole rings is 1. The van der Waals surface area contributed by atoms with Crippen molar-refractivity contribution in [1.29, 1.82) is 0 Å². The largest absolute Gasteiger partial charge is 0.448 e. The molecule has 0 saturated heterocycles. The number of rotatable bonds is 5. The highest BCUT2D eigenvalue weighted by Crippen LogP contribution is 2.23. The summed E-state index contributed by atoms with van der Waals surface area (Å²) in [4.78, 5) is 3.86. The Morgan fingerprint density at radius 3 is 2.80 bits per heavy atom. The molecule has 1 aromatic rings. The van der Waals surface area contributed by atoms with E-state index in [9.17, 15) is 13.2 Å². The van der Waals surface area contributed by atoms with E-state index in [2.05, 4.69) is 10.3 Å². The monoisotopic (exact) mass is 222 g/mol. The second-order valence-corrected chi connectivity index (χ2v) is 3.12. The van der Waals surface area contributed by atoms with E-state index < -0.39 is 12.6 Å². The first-order valence-electron chi connectivity index (χ1n) is 4.71. The van der Waals surface area contributed by atoms with Gasteiger partial charge in [-0.3, -0.25) is 0 Å². The molecule has 0 radical (unpaired) electrons. The zero-order valence-electron chi connectivity index (χ0n) is 8.40. The summed E-state index contributed by atoms with van der Waals surface area (Å²) in [5.74, 6) is 0.313. The summed E-state index contributed by atoms with van der Waals surface area (Å²) in [5.41, 5.74) is 0.557. The molecule has 0 atom stereocenters. The standard InChI is InChI=1S/C9H13F3N2O/c1-2-13-5-7-8(15-6-14-7)3-4-9(10,11)12/h6,13H,2-5H2,1H3. The number of hydrogen-bond donors (Lipinski definition) is 1. The van der Waals surface area contributed by atoms with Gasteiger partial charge in [0.05, 0.1) is 12.1 Å². The summed E-state index contributed by atoms with van der Waals surface area (Å²) in [6, 6.07) is 0. The first-order chi connectivity index (χ1) is 7.03. The van der Waals surface area contributed by atoms with E-state index in [4.69, 9.17) is 4.42 Å². The summed E-state index contributed by atoms with van der Waals surface area (Å²) in [5, 5.41) is 2.98. The van der Waals surface area contributed by atoms with Crippen LogP contribution in [0.1, 0.15) is 24.8 Å². The normalized spacial score (nSPS) is 12.0. The highest BCUT2D eigenvalue weighted by atomic mass is 19.4. The average Bonchev–Trinajstić information content (AvgIpc) is 2.57. The molecule has 0 aliphatic heterocycles. The summed E-state index contributed by atoms with van der Waals surface area (Å²) >= 11 is 0. The third-order valence-electron chi connectivity index (χ3n) is 1.90. The predicted octanol–water partition coefficient (Wildman–Crippen LogP) is 2.28. The van der Waals surface area contributed by atoms with Crippen LogP contribution in [-0.4, -0.2) is 17.7 Å². The molecule has 0 spiro atoms. The Kier molecular flexibility index (Phi) is 4.14. The summed E-state index contributed by atoms with van der Waals surface area (Å²) in [6.07, 6.45) is -3.99. The van der Waals surface area contributed by atoms with Crippen molar-refractivity contribution in [2.24, 2.45) is 0 Å². The van der Waals surface area contributed by atoms with Gasteiger partial charge in [-0.1, -0.05) is 6.92 Å². The van der Waals surface area contributed by atoms with Gasteiger partial charge < -0.3 is 9.73 Å². The molecule has 0 aliphatic carbocycles.